The molecular formula is C13H17FN2O3. The van der Waals surface area contributed by atoms with Crippen LogP contribution in [0.15, 0.2) is 24.3 Å². The van der Waals surface area contributed by atoms with Crippen molar-refractivity contribution < 1.29 is 18.7 Å². The molecule has 0 unspecified atom stereocenters. The second-order valence-corrected chi connectivity index (χ2v) is 3.79. The average molecular weight is 268 g/mol. The molecule has 0 atom stereocenters. The van der Waals surface area contributed by atoms with E-state index in [1.54, 1.807) is 19.1 Å². The van der Waals surface area contributed by atoms with E-state index in [1.165, 1.54) is 12.1 Å². The van der Waals surface area contributed by atoms with Crippen LogP contribution < -0.4 is 10.6 Å². The zero-order chi connectivity index (χ0) is 14.1. The van der Waals surface area contributed by atoms with Gasteiger partial charge in [-0.05, 0) is 24.6 Å². The Labute approximate surface area is 111 Å². The van der Waals surface area contributed by atoms with Gasteiger partial charge in [-0.15, -0.1) is 0 Å². The molecular weight excluding hydrogens is 251 g/mol. The van der Waals surface area contributed by atoms with E-state index >= 15 is 0 Å². The molecule has 1 rings (SSSR count). The topological polar surface area (TPSA) is 67.4 Å². The van der Waals surface area contributed by atoms with Gasteiger partial charge in [0, 0.05) is 13.1 Å². The molecule has 0 bridgehead atoms. The first-order valence-corrected chi connectivity index (χ1v) is 6.03. The maximum atomic E-state index is 12.9. The molecule has 0 saturated heterocycles. The van der Waals surface area contributed by atoms with E-state index in [4.69, 9.17) is 4.74 Å². The van der Waals surface area contributed by atoms with Gasteiger partial charge in [-0.3, -0.25) is 4.79 Å². The summed E-state index contributed by atoms with van der Waals surface area (Å²) in [6.45, 7) is 2.47. The summed E-state index contributed by atoms with van der Waals surface area (Å²) in [5.41, 5.74) is 0.667. The van der Waals surface area contributed by atoms with Crippen LogP contribution in [0.4, 0.5) is 9.18 Å². The van der Waals surface area contributed by atoms with Crippen molar-refractivity contribution in [1.29, 1.82) is 0 Å². The minimum atomic E-state index is -0.409. The fraction of sp³-hybridized carbons (Fsp3) is 0.385. The standard InChI is InChI=1S/C13H17FN2O3/c1-2-19-12(17)6-7-15-13(18)16-9-10-4-3-5-11(14)8-10/h3-5,8H,2,6-7,9H2,1H3,(H2,15,16,18). The molecule has 2 N–H and O–H groups in total. The van der Waals surface area contributed by atoms with Crippen LogP contribution in [0.3, 0.4) is 0 Å². The molecule has 0 aliphatic carbocycles. The largest absolute Gasteiger partial charge is 0.466 e. The average Bonchev–Trinajstić information content (AvgIpc) is 2.37. The van der Waals surface area contributed by atoms with Crippen LogP contribution in [0.1, 0.15) is 18.9 Å². The highest BCUT2D eigenvalue weighted by Gasteiger charge is 2.04. The molecule has 0 saturated carbocycles. The van der Waals surface area contributed by atoms with Gasteiger partial charge in [-0.1, -0.05) is 12.1 Å². The number of carbonyl (C=O) groups is 2. The number of benzene rings is 1. The smallest absolute Gasteiger partial charge is 0.315 e. The summed E-state index contributed by atoms with van der Waals surface area (Å²) in [6.07, 6.45) is 0.126. The normalized spacial score (nSPS) is 9.79. The third kappa shape index (κ3) is 6.40. The lowest BCUT2D eigenvalue weighted by molar-refractivity contribution is -0.142. The van der Waals surface area contributed by atoms with Crippen LogP contribution in [0.5, 0.6) is 0 Å². The van der Waals surface area contributed by atoms with Crippen molar-refractivity contribution in [3.63, 3.8) is 0 Å². The third-order valence-electron chi connectivity index (χ3n) is 2.26. The number of rotatable bonds is 6. The molecule has 0 aliphatic heterocycles. The number of amides is 2. The number of hydrogen-bond acceptors (Lipinski definition) is 3. The zero-order valence-corrected chi connectivity index (χ0v) is 10.7. The Balaban J connectivity index is 2.19. The highest BCUT2D eigenvalue weighted by atomic mass is 19.1. The number of esters is 1. The molecule has 6 heteroatoms. The predicted octanol–water partition coefficient (Wildman–Crippen LogP) is 1.58. The van der Waals surface area contributed by atoms with E-state index in [1.807, 2.05) is 0 Å². The first kappa shape index (κ1) is 14.9. The molecule has 0 radical (unpaired) electrons. The van der Waals surface area contributed by atoms with Gasteiger partial charge >= 0.3 is 12.0 Å². The Bertz CT molecular complexity index is 438. The van der Waals surface area contributed by atoms with Crippen LogP contribution >= 0.6 is 0 Å². The van der Waals surface area contributed by atoms with Crippen LogP contribution in [0.25, 0.3) is 0 Å². The van der Waals surface area contributed by atoms with Crippen LogP contribution in [-0.2, 0) is 16.1 Å². The van der Waals surface area contributed by atoms with Gasteiger partial charge in [0.2, 0.25) is 0 Å². The lowest BCUT2D eigenvalue weighted by Gasteiger charge is -2.07. The van der Waals surface area contributed by atoms with Crippen molar-refractivity contribution in [2.75, 3.05) is 13.2 Å². The van der Waals surface area contributed by atoms with Crippen molar-refractivity contribution in [3.8, 4) is 0 Å². The molecule has 1 aromatic rings. The van der Waals surface area contributed by atoms with Gasteiger partial charge in [0.05, 0.1) is 13.0 Å². The predicted molar refractivity (Wildman–Crippen MR) is 67.9 cm³/mol. The summed E-state index contributed by atoms with van der Waals surface area (Å²) >= 11 is 0. The van der Waals surface area contributed by atoms with Crippen LogP contribution in [0, 0.1) is 5.82 Å². The molecule has 0 fully saturated rings. The Morgan fingerprint density at radius 1 is 1.32 bits per heavy atom. The summed E-state index contributed by atoms with van der Waals surface area (Å²) < 4.78 is 17.6. The SMILES string of the molecule is CCOC(=O)CCNC(=O)NCc1cccc(F)c1. The summed E-state index contributed by atoms with van der Waals surface area (Å²) in [7, 11) is 0. The quantitative estimate of drug-likeness (QED) is 0.770. The third-order valence-corrected chi connectivity index (χ3v) is 2.26. The van der Waals surface area contributed by atoms with E-state index in [0.29, 0.717) is 12.2 Å². The highest BCUT2D eigenvalue weighted by molar-refractivity contribution is 5.75. The Morgan fingerprint density at radius 2 is 2.11 bits per heavy atom. The second kappa shape index (κ2) is 8.07. The van der Waals surface area contributed by atoms with E-state index in [-0.39, 0.29) is 31.3 Å². The van der Waals surface area contributed by atoms with Crippen molar-refractivity contribution in [2.24, 2.45) is 0 Å². The minimum Gasteiger partial charge on any atom is -0.466 e. The first-order valence-electron chi connectivity index (χ1n) is 6.03. The van der Waals surface area contributed by atoms with E-state index in [9.17, 15) is 14.0 Å². The number of hydrogen-bond donors (Lipinski definition) is 2. The Kier molecular flexibility index (Phi) is 6.35. The van der Waals surface area contributed by atoms with E-state index < -0.39 is 6.03 Å². The van der Waals surface area contributed by atoms with E-state index in [0.717, 1.165) is 0 Å². The number of urea groups is 1. The maximum Gasteiger partial charge on any atom is 0.315 e. The highest BCUT2D eigenvalue weighted by Crippen LogP contribution is 2.02. The molecule has 1 aromatic carbocycles. The molecule has 2 amide bonds. The van der Waals surface area contributed by atoms with E-state index in [2.05, 4.69) is 10.6 Å². The lowest BCUT2D eigenvalue weighted by Crippen LogP contribution is -2.36. The fourth-order valence-corrected chi connectivity index (χ4v) is 1.40. The first-order chi connectivity index (χ1) is 9.11. The summed E-state index contributed by atoms with van der Waals surface area (Å²) in [5.74, 6) is -0.699. The van der Waals surface area contributed by atoms with Crippen molar-refractivity contribution in [2.45, 2.75) is 19.9 Å². The molecule has 0 heterocycles. The van der Waals surface area contributed by atoms with Gasteiger partial charge in [-0.25, -0.2) is 9.18 Å². The van der Waals surface area contributed by atoms with Crippen molar-refractivity contribution >= 4 is 12.0 Å². The van der Waals surface area contributed by atoms with Gasteiger partial charge in [0.25, 0.3) is 0 Å². The van der Waals surface area contributed by atoms with Crippen molar-refractivity contribution in [1.82, 2.24) is 10.6 Å². The molecule has 104 valence electrons. The Hall–Kier alpha value is -2.11. The van der Waals surface area contributed by atoms with Gasteiger partial charge < -0.3 is 15.4 Å². The number of carbonyl (C=O) groups excluding carboxylic acids is 2. The molecule has 0 aromatic heterocycles. The molecule has 0 spiro atoms. The van der Waals surface area contributed by atoms with Gasteiger partial charge in [-0.2, -0.15) is 0 Å². The van der Waals surface area contributed by atoms with Crippen molar-refractivity contribution in [3.05, 3.63) is 35.6 Å². The van der Waals surface area contributed by atoms with Gasteiger partial charge in [0.15, 0.2) is 0 Å². The minimum absolute atomic E-state index is 0.126. The Morgan fingerprint density at radius 3 is 2.79 bits per heavy atom. The monoisotopic (exact) mass is 268 g/mol. The number of halogens is 1. The summed E-state index contributed by atoms with van der Waals surface area (Å²) in [4.78, 5) is 22.4. The fourth-order valence-electron chi connectivity index (χ4n) is 1.40. The van der Waals surface area contributed by atoms with Crippen LogP contribution in [0.2, 0.25) is 0 Å². The number of ether oxygens (including phenoxy) is 1. The molecule has 5 nitrogen and oxygen atoms in total. The lowest BCUT2D eigenvalue weighted by atomic mass is 10.2. The zero-order valence-electron chi connectivity index (χ0n) is 10.7. The summed E-state index contributed by atoms with van der Waals surface area (Å²) in [5, 5.41) is 5.08. The van der Waals surface area contributed by atoms with Crippen LogP contribution in [-0.4, -0.2) is 25.2 Å². The summed E-state index contributed by atoms with van der Waals surface area (Å²) in [6, 6.07) is 5.56. The molecule has 19 heavy (non-hydrogen) atoms. The maximum absolute atomic E-state index is 12.9. The second-order valence-electron chi connectivity index (χ2n) is 3.79. The van der Waals surface area contributed by atoms with Gasteiger partial charge in [0.1, 0.15) is 5.82 Å². The molecule has 0 aliphatic rings. The number of nitrogens with one attached hydrogen (secondary N) is 2.